The first-order valence-corrected chi connectivity index (χ1v) is 9.21. The highest BCUT2D eigenvalue weighted by molar-refractivity contribution is 4.86. The van der Waals surface area contributed by atoms with Gasteiger partial charge in [-0.1, -0.05) is 27.2 Å². The number of nitrogens with zero attached hydrogens (tertiary/aromatic N) is 2. The summed E-state index contributed by atoms with van der Waals surface area (Å²) in [4.78, 5) is 4.97. The van der Waals surface area contributed by atoms with Crippen molar-refractivity contribution in [1.29, 1.82) is 0 Å². The molecule has 21 heavy (non-hydrogen) atoms. The first kappa shape index (κ1) is 18.9. The van der Waals surface area contributed by atoms with Gasteiger partial charge in [-0.2, -0.15) is 0 Å². The fourth-order valence-corrected chi connectivity index (χ4v) is 3.79. The Bertz CT molecular complexity index is 255. The quantitative estimate of drug-likeness (QED) is 0.668. The van der Waals surface area contributed by atoms with E-state index < -0.39 is 0 Å². The van der Waals surface area contributed by atoms with Gasteiger partial charge >= 0.3 is 0 Å². The van der Waals surface area contributed by atoms with E-state index in [1.54, 1.807) is 0 Å². The van der Waals surface area contributed by atoms with Gasteiger partial charge in [0.05, 0.1) is 0 Å². The summed E-state index contributed by atoms with van der Waals surface area (Å²) in [6, 6.07) is 0.751. The van der Waals surface area contributed by atoms with E-state index in [9.17, 15) is 0 Å². The monoisotopic (exact) mass is 297 g/mol. The molecule has 0 bridgehead atoms. The van der Waals surface area contributed by atoms with Crippen LogP contribution in [0.15, 0.2) is 0 Å². The predicted octanol–water partition coefficient (Wildman–Crippen LogP) is 3.06. The molecule has 0 radical (unpaired) electrons. The summed E-state index contributed by atoms with van der Waals surface area (Å²) in [5, 5.41) is 3.75. The Morgan fingerprint density at radius 1 is 1.05 bits per heavy atom. The van der Waals surface area contributed by atoms with Crippen LogP contribution in [0.25, 0.3) is 0 Å². The molecule has 3 unspecified atom stereocenters. The highest BCUT2D eigenvalue weighted by Crippen LogP contribution is 2.32. The standard InChI is InChI=1S/C18H39N3/c1-6-16-10-11-18(19-7-2)17(14-16)15-21(8-3)13-9-12-20(4)5/h16-19H,6-15H2,1-5H3. The predicted molar refractivity (Wildman–Crippen MR) is 93.9 cm³/mol. The van der Waals surface area contributed by atoms with Gasteiger partial charge in [0, 0.05) is 12.6 Å². The van der Waals surface area contributed by atoms with E-state index in [1.807, 2.05) is 0 Å². The molecule has 126 valence electrons. The minimum Gasteiger partial charge on any atom is -0.314 e. The molecule has 1 N–H and O–H groups in total. The number of nitrogens with one attached hydrogen (secondary N) is 1. The van der Waals surface area contributed by atoms with Crippen molar-refractivity contribution in [3.63, 3.8) is 0 Å². The first-order valence-electron chi connectivity index (χ1n) is 9.21. The molecule has 0 aliphatic heterocycles. The van der Waals surface area contributed by atoms with Gasteiger partial charge in [0.15, 0.2) is 0 Å². The van der Waals surface area contributed by atoms with Gasteiger partial charge in [0.1, 0.15) is 0 Å². The molecule has 1 saturated carbocycles. The molecule has 0 heterocycles. The lowest BCUT2D eigenvalue weighted by atomic mass is 9.76. The van der Waals surface area contributed by atoms with Crippen LogP contribution in [0.3, 0.4) is 0 Å². The van der Waals surface area contributed by atoms with Gasteiger partial charge in [0.25, 0.3) is 0 Å². The molecule has 0 aromatic rings. The fourth-order valence-electron chi connectivity index (χ4n) is 3.79. The molecule has 0 aromatic heterocycles. The Morgan fingerprint density at radius 3 is 2.38 bits per heavy atom. The second kappa shape index (κ2) is 10.6. The van der Waals surface area contributed by atoms with Crippen LogP contribution in [0.5, 0.6) is 0 Å². The Morgan fingerprint density at radius 2 is 1.81 bits per heavy atom. The third-order valence-corrected chi connectivity index (χ3v) is 5.15. The maximum absolute atomic E-state index is 3.75. The average Bonchev–Trinajstić information content (AvgIpc) is 2.47. The van der Waals surface area contributed by atoms with Crippen molar-refractivity contribution in [2.45, 2.75) is 58.9 Å². The van der Waals surface area contributed by atoms with Gasteiger partial charge in [-0.05, 0) is 77.8 Å². The van der Waals surface area contributed by atoms with E-state index in [4.69, 9.17) is 0 Å². The fraction of sp³-hybridized carbons (Fsp3) is 1.00. The van der Waals surface area contributed by atoms with Crippen molar-refractivity contribution in [3.8, 4) is 0 Å². The molecule has 1 fully saturated rings. The lowest BCUT2D eigenvalue weighted by Gasteiger charge is -2.39. The summed E-state index contributed by atoms with van der Waals surface area (Å²) >= 11 is 0. The van der Waals surface area contributed by atoms with Crippen molar-refractivity contribution in [2.75, 3.05) is 46.8 Å². The molecular weight excluding hydrogens is 258 g/mol. The van der Waals surface area contributed by atoms with Crippen molar-refractivity contribution < 1.29 is 0 Å². The maximum atomic E-state index is 3.75. The normalized spacial score (nSPS) is 26.7. The molecule has 3 atom stereocenters. The minimum atomic E-state index is 0.751. The summed E-state index contributed by atoms with van der Waals surface area (Å²) in [6.45, 7) is 13.0. The Kier molecular flexibility index (Phi) is 9.54. The molecule has 3 nitrogen and oxygen atoms in total. The topological polar surface area (TPSA) is 18.5 Å². The third kappa shape index (κ3) is 7.12. The van der Waals surface area contributed by atoms with Crippen LogP contribution in [-0.2, 0) is 0 Å². The second-order valence-corrected chi connectivity index (χ2v) is 7.06. The van der Waals surface area contributed by atoms with E-state index in [1.165, 1.54) is 58.3 Å². The molecule has 0 spiro atoms. The summed E-state index contributed by atoms with van der Waals surface area (Å²) in [6.07, 6.45) is 6.89. The zero-order chi connectivity index (χ0) is 15.7. The summed E-state index contributed by atoms with van der Waals surface area (Å²) in [5.74, 6) is 1.81. The SMILES string of the molecule is CCNC1CCC(CC)CC1CN(CC)CCCN(C)C. The smallest absolute Gasteiger partial charge is 0.0108 e. The van der Waals surface area contributed by atoms with Crippen molar-refractivity contribution >= 4 is 0 Å². The van der Waals surface area contributed by atoms with E-state index >= 15 is 0 Å². The van der Waals surface area contributed by atoms with Crippen LogP contribution in [0, 0.1) is 11.8 Å². The van der Waals surface area contributed by atoms with E-state index in [2.05, 4.69) is 50.0 Å². The molecule has 3 heteroatoms. The highest BCUT2D eigenvalue weighted by Gasteiger charge is 2.30. The number of rotatable bonds is 10. The zero-order valence-corrected chi connectivity index (χ0v) is 15.2. The van der Waals surface area contributed by atoms with Gasteiger partial charge in [0.2, 0.25) is 0 Å². The molecular formula is C18H39N3. The second-order valence-electron chi connectivity index (χ2n) is 7.06. The van der Waals surface area contributed by atoms with Gasteiger partial charge in [-0.3, -0.25) is 0 Å². The Balaban J connectivity index is 2.47. The van der Waals surface area contributed by atoms with Crippen LogP contribution in [-0.4, -0.2) is 62.7 Å². The highest BCUT2D eigenvalue weighted by atomic mass is 15.1. The summed E-state index contributed by atoms with van der Waals surface area (Å²) in [5.41, 5.74) is 0. The van der Waals surface area contributed by atoms with E-state index in [-0.39, 0.29) is 0 Å². The van der Waals surface area contributed by atoms with E-state index in [0.717, 1.165) is 24.4 Å². The lowest BCUT2D eigenvalue weighted by Crippen LogP contribution is -2.46. The van der Waals surface area contributed by atoms with Crippen LogP contribution in [0.4, 0.5) is 0 Å². The number of hydrogen-bond acceptors (Lipinski definition) is 3. The maximum Gasteiger partial charge on any atom is 0.0108 e. The van der Waals surface area contributed by atoms with Gasteiger partial charge < -0.3 is 15.1 Å². The third-order valence-electron chi connectivity index (χ3n) is 5.15. The summed E-state index contributed by atoms with van der Waals surface area (Å²) < 4.78 is 0. The van der Waals surface area contributed by atoms with Crippen molar-refractivity contribution in [2.24, 2.45) is 11.8 Å². The molecule has 1 rings (SSSR count). The van der Waals surface area contributed by atoms with Gasteiger partial charge in [-0.15, -0.1) is 0 Å². The Labute approximate surface area is 133 Å². The minimum absolute atomic E-state index is 0.751. The molecule has 1 aliphatic rings. The first-order chi connectivity index (χ1) is 10.1. The van der Waals surface area contributed by atoms with Crippen LogP contribution in [0.2, 0.25) is 0 Å². The largest absolute Gasteiger partial charge is 0.314 e. The molecule has 1 aliphatic carbocycles. The summed E-state index contributed by atoms with van der Waals surface area (Å²) in [7, 11) is 4.34. The lowest BCUT2D eigenvalue weighted by molar-refractivity contribution is 0.139. The van der Waals surface area contributed by atoms with Crippen molar-refractivity contribution in [1.82, 2.24) is 15.1 Å². The van der Waals surface area contributed by atoms with Crippen molar-refractivity contribution in [3.05, 3.63) is 0 Å². The molecule has 0 amide bonds. The van der Waals surface area contributed by atoms with Crippen LogP contribution >= 0.6 is 0 Å². The molecule has 0 aromatic carbocycles. The van der Waals surface area contributed by atoms with E-state index in [0.29, 0.717) is 0 Å². The molecule has 0 saturated heterocycles. The average molecular weight is 298 g/mol. The van der Waals surface area contributed by atoms with Crippen LogP contribution < -0.4 is 5.32 Å². The Hall–Kier alpha value is -0.120. The number of hydrogen-bond donors (Lipinski definition) is 1. The van der Waals surface area contributed by atoms with Crippen LogP contribution in [0.1, 0.15) is 52.9 Å². The zero-order valence-electron chi connectivity index (χ0n) is 15.2. The van der Waals surface area contributed by atoms with Gasteiger partial charge in [-0.25, -0.2) is 0 Å².